The predicted molar refractivity (Wildman–Crippen MR) is 86.3 cm³/mol. The van der Waals surface area contributed by atoms with Crippen LogP contribution in [0.1, 0.15) is 51.9 Å². The molecule has 30 heavy (non-hydrogen) atoms. The van der Waals surface area contributed by atoms with Gasteiger partial charge in [-0.05, 0) is 25.2 Å². The number of hydrogen-bond acceptors (Lipinski definition) is 4. The molecule has 0 aromatic heterocycles. The van der Waals surface area contributed by atoms with Crippen LogP contribution in [0.3, 0.4) is 0 Å². The first-order valence-electron chi connectivity index (χ1n) is 9.33. The minimum Gasteiger partial charge on any atom is -0.449 e. The van der Waals surface area contributed by atoms with E-state index >= 15 is 8.78 Å². The minimum absolute atomic E-state index is 0.207. The normalized spacial score (nSPS) is 35.7. The Hall–Kier alpha value is -1.43. The van der Waals surface area contributed by atoms with Gasteiger partial charge in [-0.2, -0.15) is 35.1 Å². The Morgan fingerprint density at radius 3 is 2.07 bits per heavy atom. The Labute approximate surface area is 167 Å². The molecule has 0 radical (unpaired) electrons. The first kappa shape index (κ1) is 24.8. The number of carbonyl (C=O) groups is 1. The lowest BCUT2D eigenvalue weighted by Crippen LogP contribution is -2.80. The minimum atomic E-state index is -6.33. The van der Waals surface area contributed by atoms with Crippen LogP contribution in [0.2, 0.25) is 0 Å². The highest BCUT2D eigenvalue weighted by Gasteiger charge is 2.87. The largest absolute Gasteiger partial charge is 0.449 e. The average Bonchev–Trinajstić information content (AvgIpc) is 2.64. The van der Waals surface area contributed by atoms with E-state index in [1.165, 1.54) is 0 Å². The lowest BCUT2D eigenvalue weighted by atomic mass is 9.65. The monoisotopic (exact) mass is 454 g/mol. The van der Waals surface area contributed by atoms with E-state index in [1.54, 1.807) is 0 Å². The van der Waals surface area contributed by atoms with Crippen molar-refractivity contribution in [3.8, 4) is 0 Å². The molecule has 3 atom stereocenters. The van der Waals surface area contributed by atoms with Crippen LogP contribution in [0.25, 0.3) is 0 Å². The smallest absolute Gasteiger partial charge is 0.449 e. The van der Waals surface area contributed by atoms with Crippen molar-refractivity contribution in [2.24, 2.45) is 5.92 Å². The first-order valence-corrected chi connectivity index (χ1v) is 9.33. The molecule has 0 spiro atoms. The predicted octanol–water partition coefficient (Wildman–Crippen LogP) is 5.05. The zero-order chi connectivity index (χ0) is 23.2. The second-order valence-corrected chi connectivity index (χ2v) is 7.69. The second kappa shape index (κ2) is 7.61. The Morgan fingerprint density at radius 2 is 1.67 bits per heavy atom. The van der Waals surface area contributed by atoms with E-state index in [1.807, 2.05) is 0 Å². The van der Waals surface area contributed by atoms with Gasteiger partial charge >= 0.3 is 30.0 Å². The Kier molecular flexibility index (Phi) is 6.30. The lowest BCUT2D eigenvalue weighted by molar-refractivity contribution is -0.524. The van der Waals surface area contributed by atoms with E-state index in [4.69, 9.17) is 0 Å². The molecule has 12 heteroatoms. The quantitative estimate of drug-likeness (QED) is 0.367. The number of carbonyl (C=O) groups excluding carboxylic acids is 1. The number of halogens is 8. The van der Waals surface area contributed by atoms with Crippen molar-refractivity contribution < 1.29 is 54.5 Å². The summed E-state index contributed by atoms with van der Waals surface area (Å²) in [5, 5.41) is 10.0. The standard InChI is InChI=1S/C18H22F8O4/c1-3-12(27)29-13(4-2)10-14(17(21,22)23,11-8-6-5-7-9-11)30-16(28,15(13,19)20)18(24,25)26/h3,11,28H,1,4-10H2,2H3. The van der Waals surface area contributed by atoms with Gasteiger partial charge in [0.15, 0.2) is 11.2 Å². The molecule has 1 N–H and O–H groups in total. The molecule has 1 saturated heterocycles. The highest BCUT2D eigenvalue weighted by atomic mass is 19.4. The maximum Gasteiger partial charge on any atom is 0.449 e. The van der Waals surface area contributed by atoms with E-state index in [9.17, 15) is 36.2 Å². The molecule has 3 unspecified atom stereocenters. The summed E-state index contributed by atoms with van der Waals surface area (Å²) < 4.78 is 122. The molecule has 1 aliphatic heterocycles. The van der Waals surface area contributed by atoms with Gasteiger partial charge in [0, 0.05) is 12.5 Å². The first-order chi connectivity index (χ1) is 13.5. The zero-order valence-electron chi connectivity index (χ0n) is 16.0. The SMILES string of the molecule is C=CC(=O)OC1(CC)CC(C2CCCCC2)(C(F)(F)F)OC(O)(C(F)(F)F)C1(F)F. The molecule has 1 heterocycles. The van der Waals surface area contributed by atoms with Crippen molar-refractivity contribution in [2.75, 3.05) is 0 Å². The topological polar surface area (TPSA) is 55.8 Å². The van der Waals surface area contributed by atoms with Gasteiger partial charge in [-0.1, -0.05) is 32.8 Å². The van der Waals surface area contributed by atoms with Crippen LogP contribution in [-0.2, 0) is 14.3 Å². The van der Waals surface area contributed by atoms with Gasteiger partial charge in [0.1, 0.15) is 0 Å². The van der Waals surface area contributed by atoms with Gasteiger partial charge in [0.25, 0.3) is 0 Å². The fourth-order valence-electron chi connectivity index (χ4n) is 4.38. The van der Waals surface area contributed by atoms with Gasteiger partial charge < -0.3 is 14.6 Å². The summed E-state index contributed by atoms with van der Waals surface area (Å²) in [6.07, 6.45) is -14.1. The third kappa shape index (κ3) is 3.49. The van der Waals surface area contributed by atoms with E-state index < -0.39 is 60.0 Å². The summed E-state index contributed by atoms with van der Waals surface area (Å²) in [5.41, 5.74) is -7.45. The zero-order valence-corrected chi connectivity index (χ0v) is 16.0. The van der Waals surface area contributed by atoms with E-state index in [2.05, 4.69) is 16.1 Å². The van der Waals surface area contributed by atoms with Crippen molar-refractivity contribution >= 4 is 5.97 Å². The lowest BCUT2D eigenvalue weighted by Gasteiger charge is -2.59. The van der Waals surface area contributed by atoms with Crippen LogP contribution in [-0.4, -0.2) is 46.3 Å². The Balaban J connectivity index is 2.82. The van der Waals surface area contributed by atoms with Crippen molar-refractivity contribution in [3.05, 3.63) is 12.7 Å². The summed E-state index contributed by atoms with van der Waals surface area (Å²) in [6.45, 7) is 3.78. The van der Waals surface area contributed by atoms with Gasteiger partial charge in [0.2, 0.25) is 0 Å². The fourth-order valence-corrected chi connectivity index (χ4v) is 4.38. The molecule has 1 saturated carbocycles. The van der Waals surface area contributed by atoms with Crippen molar-refractivity contribution in [1.29, 1.82) is 0 Å². The average molecular weight is 454 g/mol. The Morgan fingerprint density at radius 1 is 1.13 bits per heavy atom. The van der Waals surface area contributed by atoms with Crippen molar-refractivity contribution in [2.45, 2.75) is 87.1 Å². The van der Waals surface area contributed by atoms with E-state index in [0.29, 0.717) is 12.5 Å². The molecule has 2 aliphatic rings. The summed E-state index contributed by atoms with van der Waals surface area (Å²) in [7, 11) is 0. The van der Waals surface area contributed by atoms with Gasteiger partial charge in [-0.25, -0.2) is 4.79 Å². The van der Waals surface area contributed by atoms with E-state index in [0.717, 1.165) is 6.92 Å². The summed E-state index contributed by atoms with van der Waals surface area (Å²) in [4.78, 5) is 11.7. The second-order valence-electron chi connectivity index (χ2n) is 7.69. The molecule has 2 fully saturated rings. The van der Waals surface area contributed by atoms with Crippen LogP contribution in [0.5, 0.6) is 0 Å². The maximum absolute atomic E-state index is 15.1. The van der Waals surface area contributed by atoms with Crippen LogP contribution in [0.15, 0.2) is 12.7 Å². The summed E-state index contributed by atoms with van der Waals surface area (Å²) in [5.74, 6) is -14.3. The number of rotatable bonds is 4. The number of alkyl halides is 8. The molecular formula is C18H22F8O4. The molecule has 1 aliphatic carbocycles. The molecule has 174 valence electrons. The fraction of sp³-hybridized carbons (Fsp3) is 0.833. The van der Waals surface area contributed by atoms with Crippen LogP contribution < -0.4 is 0 Å². The molecule has 2 rings (SSSR count). The maximum atomic E-state index is 15.1. The van der Waals surface area contributed by atoms with Crippen LogP contribution in [0.4, 0.5) is 35.1 Å². The summed E-state index contributed by atoms with van der Waals surface area (Å²) in [6, 6.07) is 0. The molecule has 0 amide bonds. The van der Waals surface area contributed by atoms with Crippen LogP contribution in [0, 0.1) is 5.92 Å². The summed E-state index contributed by atoms with van der Waals surface area (Å²) >= 11 is 0. The third-order valence-corrected chi connectivity index (χ3v) is 6.04. The number of hydrogen-bond donors (Lipinski definition) is 1. The molecular weight excluding hydrogens is 432 g/mol. The Bertz CT molecular complexity index is 670. The van der Waals surface area contributed by atoms with Gasteiger partial charge in [-0.3, -0.25) is 0 Å². The highest BCUT2D eigenvalue weighted by Crippen LogP contribution is 2.64. The van der Waals surface area contributed by atoms with Crippen molar-refractivity contribution in [1.82, 2.24) is 0 Å². The van der Waals surface area contributed by atoms with Crippen LogP contribution >= 0.6 is 0 Å². The highest BCUT2D eigenvalue weighted by molar-refractivity contribution is 5.81. The molecule has 0 aromatic carbocycles. The molecule has 4 nitrogen and oxygen atoms in total. The van der Waals surface area contributed by atoms with Gasteiger partial charge in [0.05, 0.1) is 0 Å². The van der Waals surface area contributed by atoms with Crippen molar-refractivity contribution in [3.63, 3.8) is 0 Å². The van der Waals surface area contributed by atoms with Gasteiger partial charge in [-0.15, -0.1) is 0 Å². The third-order valence-electron chi connectivity index (χ3n) is 6.04. The number of esters is 1. The molecule has 0 aromatic rings. The number of aliphatic hydroxyl groups is 1. The van der Waals surface area contributed by atoms with E-state index in [-0.39, 0.29) is 25.7 Å². The number of ether oxygens (including phenoxy) is 2. The molecule has 0 bridgehead atoms.